The van der Waals surface area contributed by atoms with Crippen molar-refractivity contribution in [3.05, 3.63) is 29.8 Å². The molecule has 1 aliphatic carbocycles. The Labute approximate surface area is 178 Å². The Morgan fingerprint density at radius 2 is 1.87 bits per heavy atom. The molecule has 0 bridgehead atoms. The Bertz CT molecular complexity index is 735. The lowest BCUT2D eigenvalue weighted by Crippen LogP contribution is -2.47. The smallest absolute Gasteiger partial charge is 0.220 e. The molecule has 1 saturated carbocycles. The van der Waals surface area contributed by atoms with Gasteiger partial charge in [0.05, 0.1) is 11.8 Å². The lowest BCUT2D eigenvalue weighted by molar-refractivity contribution is -0.122. The second-order valence-corrected chi connectivity index (χ2v) is 8.51. The fourth-order valence-electron chi connectivity index (χ4n) is 4.53. The van der Waals surface area contributed by atoms with Crippen LogP contribution < -0.4 is 10.2 Å². The van der Waals surface area contributed by atoms with E-state index in [1.807, 2.05) is 4.90 Å². The Kier molecular flexibility index (Phi) is 8.44. The first-order chi connectivity index (χ1) is 14.5. The van der Waals surface area contributed by atoms with Crippen molar-refractivity contribution in [2.45, 2.75) is 57.4 Å². The van der Waals surface area contributed by atoms with Gasteiger partial charge in [-0.25, -0.2) is 8.78 Å². The third kappa shape index (κ3) is 6.66. The molecule has 30 heavy (non-hydrogen) atoms. The lowest BCUT2D eigenvalue weighted by Gasteiger charge is -2.37. The number of rotatable bonds is 8. The van der Waals surface area contributed by atoms with Crippen LogP contribution in [0.1, 0.15) is 51.4 Å². The van der Waals surface area contributed by atoms with Crippen LogP contribution in [0.15, 0.2) is 18.2 Å². The number of amides is 1. The standard InChI is InChI=1S/C23H32F2N4O/c24-19-6-9-21(25)22(17-19)29-15-13-28(14-16-29)12-10-18-4-7-20(8-5-18)27-23(30)3-1-2-11-26/h6,9,17-18,20H,1-5,7-8,10,12-16H2,(H,27,30)/t18-,20-. The van der Waals surface area contributed by atoms with Gasteiger partial charge in [-0.3, -0.25) is 9.69 Å². The fourth-order valence-corrected chi connectivity index (χ4v) is 4.53. The second kappa shape index (κ2) is 11.3. The number of nitriles is 1. The fraction of sp³-hybridized carbons (Fsp3) is 0.652. The number of benzene rings is 1. The molecule has 0 atom stereocenters. The molecule has 1 aromatic rings. The monoisotopic (exact) mass is 418 g/mol. The number of carbonyl (C=O) groups is 1. The third-order valence-corrected chi connectivity index (χ3v) is 6.38. The molecule has 0 unspecified atom stereocenters. The molecule has 1 saturated heterocycles. The van der Waals surface area contributed by atoms with E-state index < -0.39 is 5.82 Å². The van der Waals surface area contributed by atoms with E-state index in [-0.39, 0.29) is 17.8 Å². The normalized spacial score (nSPS) is 22.5. The first-order valence-electron chi connectivity index (χ1n) is 11.1. The summed E-state index contributed by atoms with van der Waals surface area (Å²) in [6, 6.07) is 5.99. The van der Waals surface area contributed by atoms with Crippen LogP contribution in [0.3, 0.4) is 0 Å². The molecule has 0 spiro atoms. The predicted molar refractivity (Wildman–Crippen MR) is 113 cm³/mol. The summed E-state index contributed by atoms with van der Waals surface area (Å²) in [6.45, 7) is 4.19. The Hall–Kier alpha value is -2.20. The summed E-state index contributed by atoms with van der Waals surface area (Å²) in [7, 11) is 0. The maximum Gasteiger partial charge on any atom is 0.220 e. The van der Waals surface area contributed by atoms with Gasteiger partial charge in [0.1, 0.15) is 11.6 Å². The highest BCUT2D eigenvalue weighted by molar-refractivity contribution is 5.76. The molecule has 1 N–H and O–H groups in total. The highest BCUT2D eigenvalue weighted by atomic mass is 19.1. The van der Waals surface area contributed by atoms with Crippen molar-refractivity contribution in [1.82, 2.24) is 10.2 Å². The number of nitrogens with zero attached hydrogens (tertiary/aromatic N) is 3. The molecule has 1 aromatic carbocycles. The van der Waals surface area contributed by atoms with Crippen LogP contribution in [0.2, 0.25) is 0 Å². The summed E-state index contributed by atoms with van der Waals surface area (Å²) in [5, 5.41) is 11.7. The van der Waals surface area contributed by atoms with E-state index in [1.54, 1.807) is 0 Å². The molecule has 1 amide bonds. The minimum absolute atomic E-state index is 0.0707. The van der Waals surface area contributed by atoms with Crippen LogP contribution in [0, 0.1) is 28.9 Å². The van der Waals surface area contributed by atoms with Gasteiger partial charge in [0.2, 0.25) is 5.91 Å². The quantitative estimate of drug-likeness (QED) is 0.652. The zero-order valence-electron chi connectivity index (χ0n) is 17.6. The van der Waals surface area contributed by atoms with Gasteiger partial charge in [-0.15, -0.1) is 0 Å². The van der Waals surface area contributed by atoms with Gasteiger partial charge in [0.25, 0.3) is 0 Å². The number of carbonyl (C=O) groups excluding carboxylic acids is 1. The van der Waals surface area contributed by atoms with Crippen molar-refractivity contribution in [2.75, 3.05) is 37.6 Å². The van der Waals surface area contributed by atoms with Gasteiger partial charge in [0, 0.05) is 51.1 Å². The van der Waals surface area contributed by atoms with Crippen molar-refractivity contribution in [3.8, 4) is 6.07 Å². The molecule has 2 fully saturated rings. The van der Waals surface area contributed by atoms with Crippen molar-refractivity contribution in [3.63, 3.8) is 0 Å². The maximum absolute atomic E-state index is 14.0. The molecule has 0 aromatic heterocycles. The van der Waals surface area contributed by atoms with Gasteiger partial charge < -0.3 is 10.2 Å². The number of nitrogens with one attached hydrogen (secondary N) is 1. The van der Waals surface area contributed by atoms with Gasteiger partial charge in [0.15, 0.2) is 0 Å². The lowest BCUT2D eigenvalue weighted by atomic mass is 9.84. The van der Waals surface area contributed by atoms with Crippen molar-refractivity contribution < 1.29 is 13.6 Å². The second-order valence-electron chi connectivity index (χ2n) is 8.51. The summed E-state index contributed by atoms with van der Waals surface area (Å²) in [5.74, 6) is -0.00158. The van der Waals surface area contributed by atoms with E-state index >= 15 is 0 Å². The number of halogens is 2. The number of piperazine rings is 1. The molecule has 2 aliphatic rings. The van der Waals surface area contributed by atoms with Gasteiger partial charge in [-0.1, -0.05) is 0 Å². The third-order valence-electron chi connectivity index (χ3n) is 6.38. The van der Waals surface area contributed by atoms with E-state index in [9.17, 15) is 13.6 Å². The minimum atomic E-state index is -0.400. The van der Waals surface area contributed by atoms with Crippen LogP contribution in [-0.4, -0.2) is 49.6 Å². The van der Waals surface area contributed by atoms with Crippen LogP contribution in [0.4, 0.5) is 14.5 Å². The summed E-state index contributed by atoms with van der Waals surface area (Å²) >= 11 is 0. The van der Waals surface area contributed by atoms with Crippen LogP contribution in [0.5, 0.6) is 0 Å². The molecule has 5 nitrogen and oxygen atoms in total. The highest BCUT2D eigenvalue weighted by Gasteiger charge is 2.24. The average molecular weight is 419 g/mol. The van der Waals surface area contributed by atoms with E-state index in [1.165, 1.54) is 12.1 Å². The van der Waals surface area contributed by atoms with Gasteiger partial charge in [-0.2, -0.15) is 5.26 Å². The predicted octanol–water partition coefficient (Wildman–Crippen LogP) is 3.85. The number of hydrogen-bond acceptors (Lipinski definition) is 4. The summed E-state index contributed by atoms with van der Waals surface area (Å²) in [6.07, 6.45) is 7.00. The van der Waals surface area contributed by atoms with Gasteiger partial charge in [-0.05, 0) is 63.1 Å². The summed E-state index contributed by atoms with van der Waals surface area (Å²) in [4.78, 5) is 16.2. The largest absolute Gasteiger partial charge is 0.367 e. The van der Waals surface area contributed by atoms with E-state index in [0.717, 1.165) is 57.8 Å². The summed E-state index contributed by atoms with van der Waals surface area (Å²) in [5.41, 5.74) is 0.364. The van der Waals surface area contributed by atoms with Crippen LogP contribution >= 0.6 is 0 Å². The van der Waals surface area contributed by atoms with Crippen molar-refractivity contribution in [1.29, 1.82) is 5.26 Å². The highest BCUT2D eigenvalue weighted by Crippen LogP contribution is 2.28. The molecule has 164 valence electrons. The van der Waals surface area contributed by atoms with E-state index in [0.29, 0.717) is 44.0 Å². The molecular weight excluding hydrogens is 386 g/mol. The number of hydrogen-bond donors (Lipinski definition) is 1. The number of anilines is 1. The molecule has 0 radical (unpaired) electrons. The molecule has 7 heteroatoms. The molecular formula is C23H32F2N4O. The SMILES string of the molecule is N#CCCCC(=O)N[C@H]1CC[C@H](CCN2CCN(c3cc(F)ccc3F)CC2)CC1. The minimum Gasteiger partial charge on any atom is -0.367 e. The molecule has 1 heterocycles. The van der Waals surface area contributed by atoms with Crippen LogP contribution in [0.25, 0.3) is 0 Å². The topological polar surface area (TPSA) is 59.4 Å². The Morgan fingerprint density at radius 1 is 1.13 bits per heavy atom. The Balaban J connectivity index is 1.32. The maximum atomic E-state index is 14.0. The van der Waals surface area contributed by atoms with E-state index in [4.69, 9.17) is 5.26 Å². The van der Waals surface area contributed by atoms with Crippen molar-refractivity contribution in [2.24, 2.45) is 5.92 Å². The zero-order chi connectivity index (χ0) is 21.3. The summed E-state index contributed by atoms with van der Waals surface area (Å²) < 4.78 is 27.4. The molecule has 1 aliphatic heterocycles. The van der Waals surface area contributed by atoms with Crippen molar-refractivity contribution >= 4 is 11.6 Å². The first-order valence-corrected chi connectivity index (χ1v) is 11.1. The molecule has 3 rings (SSSR count). The zero-order valence-corrected chi connectivity index (χ0v) is 17.6. The number of unbranched alkanes of at least 4 members (excludes halogenated alkanes) is 1. The van der Waals surface area contributed by atoms with Gasteiger partial charge >= 0.3 is 0 Å². The van der Waals surface area contributed by atoms with E-state index in [2.05, 4.69) is 16.3 Å². The first kappa shape index (κ1) is 22.5. The Morgan fingerprint density at radius 3 is 2.57 bits per heavy atom. The average Bonchev–Trinajstić information content (AvgIpc) is 2.75. The van der Waals surface area contributed by atoms with Crippen LogP contribution in [-0.2, 0) is 4.79 Å².